The summed E-state index contributed by atoms with van der Waals surface area (Å²) >= 11 is 7.71. The lowest BCUT2D eigenvalue weighted by Gasteiger charge is -2.01. The number of hydrogen-bond donors (Lipinski definition) is 0. The van der Waals surface area contributed by atoms with Crippen LogP contribution in [-0.2, 0) is 0 Å². The van der Waals surface area contributed by atoms with Crippen molar-refractivity contribution in [2.75, 3.05) is 0 Å². The first-order valence-electron chi connectivity index (χ1n) is 7.27. The molecule has 0 saturated heterocycles. The van der Waals surface area contributed by atoms with Crippen LogP contribution in [0.25, 0.3) is 32.8 Å². The topological polar surface area (TPSA) is 49.6 Å². The van der Waals surface area contributed by atoms with Crippen molar-refractivity contribution in [1.29, 1.82) is 5.26 Å². The van der Waals surface area contributed by atoms with E-state index in [2.05, 4.69) is 16.0 Å². The Hall–Kier alpha value is -2.74. The van der Waals surface area contributed by atoms with Gasteiger partial charge in [0.25, 0.3) is 0 Å². The summed E-state index contributed by atoms with van der Waals surface area (Å²) in [7, 11) is 0. The van der Waals surface area contributed by atoms with Gasteiger partial charge in [0.1, 0.15) is 11.1 Å². The van der Waals surface area contributed by atoms with Gasteiger partial charge in [0.2, 0.25) is 0 Å². The number of rotatable bonds is 2. The van der Waals surface area contributed by atoms with Crippen LogP contribution in [0.2, 0.25) is 5.02 Å². The third-order valence-electron chi connectivity index (χ3n) is 3.63. The van der Waals surface area contributed by atoms with Gasteiger partial charge in [-0.1, -0.05) is 41.9 Å². The molecule has 0 saturated carbocycles. The Morgan fingerprint density at radius 3 is 2.75 bits per heavy atom. The Balaban J connectivity index is 1.83. The summed E-state index contributed by atoms with van der Waals surface area (Å²) < 4.78 is 1.06. The number of nitrogens with zero attached hydrogens (tertiary/aromatic N) is 3. The van der Waals surface area contributed by atoms with Crippen LogP contribution in [0.5, 0.6) is 0 Å². The lowest BCUT2D eigenvalue weighted by molar-refractivity contribution is 1.37. The highest BCUT2D eigenvalue weighted by atomic mass is 35.5. The Morgan fingerprint density at radius 1 is 1.04 bits per heavy atom. The summed E-state index contributed by atoms with van der Waals surface area (Å²) in [6.45, 7) is 0. The molecule has 24 heavy (non-hydrogen) atoms. The van der Waals surface area contributed by atoms with Gasteiger partial charge in [-0.05, 0) is 30.3 Å². The zero-order valence-electron chi connectivity index (χ0n) is 12.4. The van der Waals surface area contributed by atoms with Crippen molar-refractivity contribution in [3.05, 3.63) is 70.3 Å². The van der Waals surface area contributed by atoms with Crippen LogP contribution in [0.1, 0.15) is 10.7 Å². The molecule has 3 nitrogen and oxygen atoms in total. The summed E-state index contributed by atoms with van der Waals surface area (Å²) in [5.41, 5.74) is 2.81. The SMILES string of the molecule is N#C/C(=C\c1ccc2cccc(Cl)c2n1)c1nc2ccccc2s1. The summed E-state index contributed by atoms with van der Waals surface area (Å²) in [4.78, 5) is 9.09. The second kappa shape index (κ2) is 6.04. The Morgan fingerprint density at radius 2 is 1.92 bits per heavy atom. The molecule has 0 bridgehead atoms. The third kappa shape index (κ3) is 2.65. The molecule has 0 fully saturated rings. The zero-order valence-corrected chi connectivity index (χ0v) is 14.0. The van der Waals surface area contributed by atoms with E-state index in [1.54, 1.807) is 6.08 Å². The lowest BCUT2D eigenvalue weighted by atomic mass is 10.1. The molecule has 2 heterocycles. The summed E-state index contributed by atoms with van der Waals surface area (Å²) in [5, 5.41) is 11.8. The van der Waals surface area contributed by atoms with E-state index in [-0.39, 0.29) is 0 Å². The smallest absolute Gasteiger partial charge is 0.135 e. The van der Waals surface area contributed by atoms with Crippen molar-refractivity contribution in [2.45, 2.75) is 0 Å². The number of hydrogen-bond acceptors (Lipinski definition) is 4. The van der Waals surface area contributed by atoms with Crippen LogP contribution >= 0.6 is 22.9 Å². The normalized spacial score (nSPS) is 11.8. The maximum Gasteiger partial charge on any atom is 0.135 e. The van der Waals surface area contributed by atoms with Crippen molar-refractivity contribution in [3.8, 4) is 6.07 Å². The summed E-state index contributed by atoms with van der Waals surface area (Å²) in [6, 6.07) is 19.6. The Labute approximate surface area is 147 Å². The molecular weight excluding hydrogens is 338 g/mol. The summed E-state index contributed by atoms with van der Waals surface area (Å²) in [6.07, 6.45) is 1.75. The summed E-state index contributed by atoms with van der Waals surface area (Å²) in [5.74, 6) is 0. The molecule has 0 amide bonds. The first-order valence-corrected chi connectivity index (χ1v) is 8.47. The average Bonchev–Trinajstić information content (AvgIpc) is 3.04. The maximum absolute atomic E-state index is 9.53. The van der Waals surface area contributed by atoms with Crippen LogP contribution < -0.4 is 0 Å². The molecule has 4 rings (SSSR count). The molecule has 0 radical (unpaired) electrons. The molecule has 0 N–H and O–H groups in total. The van der Waals surface area contributed by atoms with Crippen LogP contribution in [-0.4, -0.2) is 9.97 Å². The van der Waals surface area contributed by atoms with Gasteiger partial charge < -0.3 is 0 Å². The predicted molar refractivity (Wildman–Crippen MR) is 99.9 cm³/mol. The van der Waals surface area contributed by atoms with Gasteiger partial charge in [-0.3, -0.25) is 0 Å². The number of aromatic nitrogens is 2. The van der Waals surface area contributed by atoms with Gasteiger partial charge in [-0.15, -0.1) is 11.3 Å². The minimum absolute atomic E-state index is 0.495. The number of para-hydroxylation sites is 2. The standard InChI is InChI=1S/C19H10ClN3S/c20-15-5-3-4-12-8-9-14(22-18(12)15)10-13(11-21)19-23-16-6-1-2-7-17(16)24-19/h1-10H/b13-10+. The Bertz CT molecular complexity index is 1110. The van der Waals surface area contributed by atoms with E-state index in [0.717, 1.165) is 21.1 Å². The molecule has 0 unspecified atom stereocenters. The molecule has 0 aliphatic rings. The van der Waals surface area contributed by atoms with Crippen molar-refractivity contribution in [2.24, 2.45) is 0 Å². The molecule has 114 valence electrons. The quantitative estimate of drug-likeness (QED) is 0.446. The van der Waals surface area contributed by atoms with Crippen LogP contribution in [0.4, 0.5) is 0 Å². The molecule has 0 atom stereocenters. The second-order valence-corrected chi connectivity index (χ2v) is 6.64. The molecule has 0 aliphatic heterocycles. The number of pyridine rings is 1. The average molecular weight is 348 g/mol. The van der Waals surface area contributed by atoms with E-state index in [4.69, 9.17) is 11.6 Å². The van der Waals surface area contributed by atoms with Gasteiger partial charge >= 0.3 is 0 Å². The highest BCUT2D eigenvalue weighted by Gasteiger charge is 2.09. The minimum atomic E-state index is 0.495. The van der Waals surface area contributed by atoms with E-state index in [9.17, 15) is 5.26 Å². The second-order valence-electron chi connectivity index (χ2n) is 5.20. The molecule has 4 aromatic rings. The first-order chi connectivity index (χ1) is 11.7. The highest BCUT2D eigenvalue weighted by Crippen LogP contribution is 2.28. The van der Waals surface area contributed by atoms with E-state index in [1.807, 2.05) is 54.6 Å². The van der Waals surface area contributed by atoms with Gasteiger partial charge in [-0.2, -0.15) is 5.26 Å². The van der Waals surface area contributed by atoms with E-state index >= 15 is 0 Å². The maximum atomic E-state index is 9.53. The van der Waals surface area contributed by atoms with Gasteiger partial charge in [-0.25, -0.2) is 9.97 Å². The largest absolute Gasteiger partial charge is 0.247 e. The van der Waals surface area contributed by atoms with Crippen LogP contribution in [0.15, 0.2) is 54.6 Å². The van der Waals surface area contributed by atoms with Gasteiger partial charge in [0, 0.05) is 5.39 Å². The molecule has 0 spiro atoms. The van der Waals surface area contributed by atoms with Gasteiger partial charge in [0.15, 0.2) is 0 Å². The third-order valence-corrected chi connectivity index (χ3v) is 5.00. The van der Waals surface area contributed by atoms with Crippen molar-refractivity contribution >= 4 is 55.7 Å². The van der Waals surface area contributed by atoms with Crippen molar-refractivity contribution < 1.29 is 0 Å². The van der Waals surface area contributed by atoms with E-state index in [0.29, 0.717) is 21.3 Å². The van der Waals surface area contributed by atoms with E-state index in [1.165, 1.54) is 11.3 Å². The molecule has 5 heteroatoms. The monoisotopic (exact) mass is 347 g/mol. The van der Waals surface area contributed by atoms with Gasteiger partial charge in [0.05, 0.1) is 32.0 Å². The fraction of sp³-hybridized carbons (Fsp3) is 0. The highest BCUT2D eigenvalue weighted by molar-refractivity contribution is 7.19. The number of nitriles is 1. The molecule has 2 aromatic carbocycles. The molecular formula is C19H10ClN3S. The minimum Gasteiger partial charge on any atom is -0.247 e. The number of benzene rings is 2. The van der Waals surface area contributed by atoms with Crippen molar-refractivity contribution in [3.63, 3.8) is 0 Å². The van der Waals surface area contributed by atoms with Crippen LogP contribution in [0, 0.1) is 11.3 Å². The lowest BCUT2D eigenvalue weighted by Crippen LogP contribution is -1.86. The molecule has 2 aromatic heterocycles. The number of halogens is 1. The number of thiazole rings is 1. The van der Waals surface area contributed by atoms with Crippen LogP contribution in [0.3, 0.4) is 0 Å². The van der Waals surface area contributed by atoms with E-state index < -0.39 is 0 Å². The fourth-order valence-corrected chi connectivity index (χ4v) is 3.64. The Kier molecular flexibility index (Phi) is 3.73. The first kappa shape index (κ1) is 14.8. The predicted octanol–water partition coefficient (Wildman–Crippen LogP) is 5.56. The van der Waals surface area contributed by atoms with Crippen molar-refractivity contribution in [1.82, 2.24) is 9.97 Å². The molecule has 0 aliphatic carbocycles. The number of fused-ring (bicyclic) bond motifs is 2. The fourth-order valence-electron chi connectivity index (χ4n) is 2.48. The number of allylic oxidation sites excluding steroid dienone is 1. The zero-order chi connectivity index (χ0) is 16.5.